The summed E-state index contributed by atoms with van der Waals surface area (Å²) in [5.41, 5.74) is -0.0876. The van der Waals surface area contributed by atoms with Crippen molar-refractivity contribution in [3.8, 4) is 11.5 Å². The van der Waals surface area contributed by atoms with Gasteiger partial charge in [0.1, 0.15) is 23.9 Å². The zero-order chi connectivity index (χ0) is 18.4. The predicted molar refractivity (Wildman–Crippen MR) is 89.3 cm³/mol. The van der Waals surface area contributed by atoms with E-state index in [1.165, 1.54) is 25.3 Å². The smallest absolute Gasteiger partial charge is 0.416 e. The second-order valence-electron chi connectivity index (χ2n) is 5.20. The maximum Gasteiger partial charge on any atom is 0.416 e. The molecule has 0 saturated carbocycles. The summed E-state index contributed by atoms with van der Waals surface area (Å²) < 4.78 is 62.2. The third-order valence-corrected chi connectivity index (χ3v) is 3.70. The van der Waals surface area contributed by atoms with Crippen LogP contribution in [0.2, 0.25) is 0 Å². The molecule has 0 heterocycles. The second kappa shape index (κ2) is 8.53. The zero-order valence-electron chi connectivity index (χ0n) is 13.3. The van der Waals surface area contributed by atoms with Crippen LogP contribution < -0.4 is 14.8 Å². The molecular weight excluding hydrogens is 406 g/mol. The minimum atomic E-state index is -4.43. The summed E-state index contributed by atoms with van der Waals surface area (Å²) in [6, 6.07) is 7.75. The van der Waals surface area contributed by atoms with Crippen molar-refractivity contribution < 1.29 is 27.0 Å². The Kier molecular flexibility index (Phi) is 6.66. The van der Waals surface area contributed by atoms with Gasteiger partial charge >= 0.3 is 6.18 Å². The summed E-state index contributed by atoms with van der Waals surface area (Å²) in [5.74, 6) is 0.138. The van der Waals surface area contributed by atoms with E-state index < -0.39 is 17.6 Å². The molecule has 0 radical (unpaired) electrons. The van der Waals surface area contributed by atoms with Crippen LogP contribution in [0, 0.1) is 5.82 Å². The molecule has 0 aliphatic rings. The van der Waals surface area contributed by atoms with Gasteiger partial charge in [-0.1, -0.05) is 15.9 Å². The van der Waals surface area contributed by atoms with Gasteiger partial charge in [0.2, 0.25) is 0 Å². The largest absolute Gasteiger partial charge is 0.497 e. The van der Waals surface area contributed by atoms with Gasteiger partial charge in [0.15, 0.2) is 0 Å². The van der Waals surface area contributed by atoms with Gasteiger partial charge < -0.3 is 14.8 Å². The lowest BCUT2D eigenvalue weighted by atomic mass is 10.2. The van der Waals surface area contributed by atoms with E-state index in [1.807, 2.05) is 0 Å². The molecule has 136 valence electrons. The Morgan fingerprint density at radius 1 is 1.04 bits per heavy atom. The normalized spacial score (nSPS) is 11.4. The maximum absolute atomic E-state index is 13.4. The average Bonchev–Trinajstić information content (AvgIpc) is 2.52. The summed E-state index contributed by atoms with van der Waals surface area (Å²) in [4.78, 5) is 0. The Morgan fingerprint density at radius 3 is 2.48 bits per heavy atom. The number of methoxy groups -OCH3 is 1. The van der Waals surface area contributed by atoms with Crippen molar-refractivity contribution in [1.82, 2.24) is 5.32 Å². The number of nitrogens with one attached hydrogen (secondary N) is 1. The fourth-order valence-electron chi connectivity index (χ4n) is 2.12. The first-order valence-corrected chi connectivity index (χ1v) is 8.12. The molecule has 0 fully saturated rings. The summed E-state index contributed by atoms with van der Waals surface area (Å²) in [5, 5.41) is 3.03. The molecule has 0 saturated heterocycles. The van der Waals surface area contributed by atoms with Crippen molar-refractivity contribution >= 4 is 15.9 Å². The molecular formula is C17H16BrF4NO2. The quantitative estimate of drug-likeness (QED) is 0.515. The molecule has 2 aromatic carbocycles. The second-order valence-corrected chi connectivity index (χ2v) is 6.11. The van der Waals surface area contributed by atoms with Crippen LogP contribution in [-0.4, -0.2) is 20.3 Å². The Bertz CT molecular complexity index is 722. The van der Waals surface area contributed by atoms with Gasteiger partial charge in [0.05, 0.1) is 12.7 Å². The Labute approximate surface area is 151 Å². The first-order valence-electron chi connectivity index (χ1n) is 7.32. The van der Waals surface area contributed by atoms with Gasteiger partial charge in [-0.15, -0.1) is 0 Å². The van der Waals surface area contributed by atoms with E-state index in [0.29, 0.717) is 24.4 Å². The van der Waals surface area contributed by atoms with Crippen molar-refractivity contribution in [3.05, 3.63) is 57.8 Å². The van der Waals surface area contributed by atoms with E-state index in [0.717, 1.165) is 12.1 Å². The molecule has 2 aromatic rings. The Morgan fingerprint density at radius 2 is 1.80 bits per heavy atom. The minimum absolute atomic E-state index is 0.121. The Hall–Kier alpha value is -1.80. The van der Waals surface area contributed by atoms with E-state index in [4.69, 9.17) is 9.47 Å². The van der Waals surface area contributed by atoms with Crippen LogP contribution in [-0.2, 0) is 12.7 Å². The number of halogens is 5. The molecule has 0 amide bonds. The lowest BCUT2D eigenvalue weighted by molar-refractivity contribution is -0.137. The molecule has 3 nitrogen and oxygen atoms in total. The molecule has 0 aliphatic heterocycles. The summed E-state index contributed by atoms with van der Waals surface area (Å²) >= 11 is 3.04. The van der Waals surface area contributed by atoms with Crippen molar-refractivity contribution in [2.75, 3.05) is 20.3 Å². The number of benzene rings is 2. The van der Waals surface area contributed by atoms with Crippen LogP contribution >= 0.6 is 15.9 Å². The lowest BCUT2D eigenvalue weighted by Gasteiger charge is -2.12. The number of hydrogen-bond donors (Lipinski definition) is 1. The molecule has 0 bridgehead atoms. The fraction of sp³-hybridized carbons (Fsp3) is 0.294. The molecule has 25 heavy (non-hydrogen) atoms. The number of rotatable bonds is 7. The SMILES string of the molecule is COc1cc(F)cc(CNCCOc2cc(Br)cc(C(F)(F)F)c2)c1. The molecule has 0 spiro atoms. The third-order valence-electron chi connectivity index (χ3n) is 3.24. The number of ether oxygens (including phenoxy) is 2. The zero-order valence-corrected chi connectivity index (χ0v) is 14.9. The van der Waals surface area contributed by atoms with Crippen LogP contribution in [0.15, 0.2) is 40.9 Å². The van der Waals surface area contributed by atoms with Crippen molar-refractivity contribution in [2.24, 2.45) is 0 Å². The molecule has 2 rings (SSSR count). The van der Waals surface area contributed by atoms with E-state index in [-0.39, 0.29) is 16.8 Å². The molecule has 8 heteroatoms. The van der Waals surface area contributed by atoms with Gasteiger partial charge in [-0.25, -0.2) is 4.39 Å². The molecule has 0 unspecified atom stereocenters. The number of alkyl halides is 3. The van der Waals surface area contributed by atoms with Crippen LogP contribution in [0.25, 0.3) is 0 Å². The van der Waals surface area contributed by atoms with E-state index in [2.05, 4.69) is 21.2 Å². The van der Waals surface area contributed by atoms with E-state index in [1.54, 1.807) is 6.07 Å². The van der Waals surface area contributed by atoms with Crippen LogP contribution in [0.4, 0.5) is 17.6 Å². The average molecular weight is 422 g/mol. The highest BCUT2D eigenvalue weighted by atomic mass is 79.9. The Balaban J connectivity index is 1.84. The van der Waals surface area contributed by atoms with Gasteiger partial charge in [-0.2, -0.15) is 13.2 Å². The standard InChI is InChI=1S/C17H16BrF4NO2/c1-24-15-5-11(4-14(19)9-15)10-23-2-3-25-16-7-12(17(20,21)22)6-13(18)8-16/h4-9,23H,2-3,10H2,1H3. The van der Waals surface area contributed by atoms with Gasteiger partial charge in [-0.05, 0) is 35.9 Å². The third kappa shape index (κ3) is 6.21. The summed E-state index contributed by atoms with van der Waals surface area (Å²) in [6.45, 7) is 0.927. The molecule has 0 atom stereocenters. The monoisotopic (exact) mass is 421 g/mol. The first kappa shape index (κ1) is 19.5. The van der Waals surface area contributed by atoms with Gasteiger partial charge in [0.25, 0.3) is 0 Å². The molecule has 1 N–H and O–H groups in total. The molecule has 0 aliphatic carbocycles. The predicted octanol–water partition coefficient (Wildman–Crippen LogP) is 4.78. The minimum Gasteiger partial charge on any atom is -0.497 e. The van der Waals surface area contributed by atoms with Crippen LogP contribution in [0.5, 0.6) is 11.5 Å². The van der Waals surface area contributed by atoms with E-state index in [9.17, 15) is 17.6 Å². The highest BCUT2D eigenvalue weighted by molar-refractivity contribution is 9.10. The van der Waals surface area contributed by atoms with Crippen molar-refractivity contribution in [2.45, 2.75) is 12.7 Å². The van der Waals surface area contributed by atoms with Crippen molar-refractivity contribution in [1.29, 1.82) is 0 Å². The number of hydrogen-bond acceptors (Lipinski definition) is 3. The van der Waals surface area contributed by atoms with Gasteiger partial charge in [-0.3, -0.25) is 0 Å². The molecule has 0 aromatic heterocycles. The summed E-state index contributed by atoms with van der Waals surface area (Å²) in [7, 11) is 1.45. The highest BCUT2D eigenvalue weighted by Gasteiger charge is 2.31. The van der Waals surface area contributed by atoms with E-state index >= 15 is 0 Å². The highest BCUT2D eigenvalue weighted by Crippen LogP contribution is 2.34. The first-order chi connectivity index (χ1) is 11.8. The van der Waals surface area contributed by atoms with Crippen LogP contribution in [0.3, 0.4) is 0 Å². The fourth-order valence-corrected chi connectivity index (χ4v) is 2.60. The lowest BCUT2D eigenvalue weighted by Crippen LogP contribution is -2.20. The van der Waals surface area contributed by atoms with Crippen molar-refractivity contribution in [3.63, 3.8) is 0 Å². The topological polar surface area (TPSA) is 30.5 Å². The van der Waals surface area contributed by atoms with Gasteiger partial charge in [0, 0.05) is 23.6 Å². The van der Waals surface area contributed by atoms with Crippen LogP contribution in [0.1, 0.15) is 11.1 Å². The summed E-state index contributed by atoms with van der Waals surface area (Å²) in [6.07, 6.45) is -4.43. The maximum atomic E-state index is 13.4.